The molecule has 0 saturated carbocycles. The minimum Gasteiger partial charge on any atom is -0.314 e. The average molecular weight is 144 g/mol. The van der Waals surface area contributed by atoms with Crippen LogP contribution in [0.15, 0.2) is 0 Å². The van der Waals surface area contributed by atoms with Gasteiger partial charge in [0.25, 0.3) is 0 Å². The van der Waals surface area contributed by atoms with E-state index in [1.807, 2.05) is 6.92 Å². The van der Waals surface area contributed by atoms with Gasteiger partial charge in [-0.05, 0) is 26.3 Å². The molecule has 0 aromatic rings. The van der Waals surface area contributed by atoms with E-state index >= 15 is 0 Å². The lowest BCUT2D eigenvalue weighted by Gasteiger charge is -2.24. The summed E-state index contributed by atoms with van der Waals surface area (Å²) in [6.07, 6.45) is 3.43. The van der Waals surface area contributed by atoms with Crippen LogP contribution in [-0.2, 0) is 0 Å². The summed E-state index contributed by atoms with van der Waals surface area (Å²) in [5, 5.41) is 3.29. The van der Waals surface area contributed by atoms with Gasteiger partial charge in [-0.2, -0.15) is 0 Å². The highest BCUT2D eigenvalue weighted by atomic mass is 15.1. The van der Waals surface area contributed by atoms with E-state index in [0.717, 1.165) is 13.0 Å². The van der Waals surface area contributed by atoms with Gasteiger partial charge in [0.05, 0.1) is 5.66 Å². The molecule has 0 aliphatic rings. The maximum absolute atomic E-state index is 5.85. The average Bonchev–Trinajstić information content (AvgIpc) is 1.89. The second-order valence-electron chi connectivity index (χ2n) is 3.05. The summed E-state index contributed by atoms with van der Waals surface area (Å²) in [5.41, 5.74) is 5.69. The summed E-state index contributed by atoms with van der Waals surface area (Å²) in [6.45, 7) is 7.35. The molecule has 0 aromatic carbocycles. The molecule has 0 saturated heterocycles. The maximum atomic E-state index is 5.85. The first kappa shape index (κ1) is 9.92. The molecule has 62 valence electrons. The molecule has 2 nitrogen and oxygen atoms in total. The normalized spacial score (nSPS) is 16.8. The van der Waals surface area contributed by atoms with Gasteiger partial charge in [0.15, 0.2) is 0 Å². The second kappa shape index (κ2) is 4.69. The Morgan fingerprint density at radius 1 is 1.40 bits per heavy atom. The first-order valence-electron chi connectivity index (χ1n) is 4.16. The van der Waals surface area contributed by atoms with E-state index in [2.05, 4.69) is 19.2 Å². The van der Waals surface area contributed by atoms with Crippen LogP contribution in [-0.4, -0.2) is 12.2 Å². The van der Waals surface area contributed by atoms with Crippen LogP contribution >= 0.6 is 0 Å². The Hall–Kier alpha value is -0.0800. The van der Waals surface area contributed by atoms with E-state index in [0.29, 0.717) is 0 Å². The number of nitrogens with two attached hydrogens (primary N) is 1. The van der Waals surface area contributed by atoms with Crippen LogP contribution in [0.5, 0.6) is 0 Å². The van der Waals surface area contributed by atoms with Crippen molar-refractivity contribution >= 4 is 0 Å². The van der Waals surface area contributed by atoms with Crippen LogP contribution in [0.3, 0.4) is 0 Å². The van der Waals surface area contributed by atoms with Crippen molar-refractivity contribution in [3.63, 3.8) is 0 Å². The molecule has 3 N–H and O–H groups in total. The van der Waals surface area contributed by atoms with Crippen LogP contribution in [0, 0.1) is 0 Å². The van der Waals surface area contributed by atoms with Crippen molar-refractivity contribution in [1.82, 2.24) is 5.32 Å². The molecule has 0 aliphatic heterocycles. The largest absolute Gasteiger partial charge is 0.314 e. The zero-order valence-electron chi connectivity index (χ0n) is 7.41. The molecule has 0 fully saturated rings. The lowest BCUT2D eigenvalue weighted by molar-refractivity contribution is 0.353. The van der Waals surface area contributed by atoms with Gasteiger partial charge in [0, 0.05) is 0 Å². The van der Waals surface area contributed by atoms with E-state index in [1.54, 1.807) is 0 Å². The molecule has 2 heteroatoms. The predicted molar refractivity (Wildman–Crippen MR) is 45.8 cm³/mol. The smallest absolute Gasteiger partial charge is 0.0630 e. The molecule has 0 radical (unpaired) electrons. The number of rotatable bonds is 5. The molecule has 10 heavy (non-hydrogen) atoms. The Bertz CT molecular complexity index is 79.3. The fourth-order valence-electron chi connectivity index (χ4n) is 0.676. The molecule has 0 bridgehead atoms. The highest BCUT2D eigenvalue weighted by Gasteiger charge is 2.12. The predicted octanol–water partition coefficient (Wildman–Crippen LogP) is 1.46. The Labute approximate surface area is 64.2 Å². The van der Waals surface area contributed by atoms with Crippen molar-refractivity contribution < 1.29 is 0 Å². The molecule has 1 atom stereocenters. The molecular formula is C8H20N2. The van der Waals surface area contributed by atoms with Gasteiger partial charge >= 0.3 is 0 Å². The van der Waals surface area contributed by atoms with Gasteiger partial charge in [0.2, 0.25) is 0 Å². The number of hydrogen-bond donors (Lipinski definition) is 2. The monoisotopic (exact) mass is 144 g/mol. The molecule has 0 rings (SSSR count). The lowest BCUT2D eigenvalue weighted by Crippen LogP contribution is -2.50. The summed E-state index contributed by atoms with van der Waals surface area (Å²) >= 11 is 0. The van der Waals surface area contributed by atoms with Crippen LogP contribution in [0.4, 0.5) is 0 Å². The Kier molecular flexibility index (Phi) is 4.65. The van der Waals surface area contributed by atoms with E-state index in [9.17, 15) is 0 Å². The fraction of sp³-hybridized carbons (Fsp3) is 1.00. The molecular weight excluding hydrogens is 124 g/mol. The van der Waals surface area contributed by atoms with Crippen molar-refractivity contribution in [2.45, 2.75) is 45.7 Å². The zero-order valence-corrected chi connectivity index (χ0v) is 7.41. The summed E-state index contributed by atoms with van der Waals surface area (Å²) in [7, 11) is 0. The van der Waals surface area contributed by atoms with Crippen molar-refractivity contribution in [3.05, 3.63) is 0 Å². The summed E-state index contributed by atoms with van der Waals surface area (Å²) in [5.74, 6) is 0. The van der Waals surface area contributed by atoms with Crippen LogP contribution in [0.2, 0.25) is 0 Å². The van der Waals surface area contributed by atoms with E-state index in [4.69, 9.17) is 5.73 Å². The third-order valence-electron chi connectivity index (χ3n) is 1.79. The van der Waals surface area contributed by atoms with E-state index in [1.165, 1.54) is 12.8 Å². The molecule has 1 unspecified atom stereocenters. The Morgan fingerprint density at radius 2 is 2.00 bits per heavy atom. The molecule has 0 aromatic heterocycles. The standard InChI is InChI=1S/C8H20N2/c1-4-6-7-10-8(3,9)5-2/h10H,4-7,9H2,1-3H3. The van der Waals surface area contributed by atoms with E-state index < -0.39 is 0 Å². The summed E-state index contributed by atoms with van der Waals surface area (Å²) in [6, 6.07) is 0. The topological polar surface area (TPSA) is 38.0 Å². The minimum atomic E-state index is -0.158. The molecule has 0 amide bonds. The maximum Gasteiger partial charge on any atom is 0.0630 e. The van der Waals surface area contributed by atoms with Crippen LogP contribution in [0.25, 0.3) is 0 Å². The first-order chi connectivity index (χ1) is 4.62. The van der Waals surface area contributed by atoms with Crippen molar-refractivity contribution in [2.24, 2.45) is 5.73 Å². The number of nitrogens with one attached hydrogen (secondary N) is 1. The highest BCUT2D eigenvalue weighted by Crippen LogP contribution is 1.98. The summed E-state index contributed by atoms with van der Waals surface area (Å²) in [4.78, 5) is 0. The van der Waals surface area contributed by atoms with Gasteiger partial charge < -0.3 is 5.73 Å². The van der Waals surface area contributed by atoms with Crippen LogP contribution in [0.1, 0.15) is 40.0 Å². The molecule has 0 spiro atoms. The SMILES string of the molecule is CCCCNC(C)(N)CC. The van der Waals surface area contributed by atoms with Gasteiger partial charge in [0.1, 0.15) is 0 Å². The van der Waals surface area contributed by atoms with Crippen LogP contribution < -0.4 is 11.1 Å². The van der Waals surface area contributed by atoms with Gasteiger partial charge in [-0.3, -0.25) is 5.32 Å². The van der Waals surface area contributed by atoms with Gasteiger partial charge in [-0.25, -0.2) is 0 Å². The van der Waals surface area contributed by atoms with Crippen molar-refractivity contribution in [1.29, 1.82) is 0 Å². The third-order valence-corrected chi connectivity index (χ3v) is 1.79. The minimum absolute atomic E-state index is 0.158. The quantitative estimate of drug-likeness (QED) is 0.453. The molecule has 0 aliphatic carbocycles. The summed E-state index contributed by atoms with van der Waals surface area (Å²) < 4.78 is 0. The van der Waals surface area contributed by atoms with Crippen molar-refractivity contribution in [3.8, 4) is 0 Å². The van der Waals surface area contributed by atoms with Gasteiger partial charge in [-0.1, -0.05) is 20.3 Å². The first-order valence-corrected chi connectivity index (χ1v) is 4.16. The van der Waals surface area contributed by atoms with Gasteiger partial charge in [-0.15, -0.1) is 0 Å². The fourth-order valence-corrected chi connectivity index (χ4v) is 0.676. The zero-order chi connectivity index (χ0) is 8.04. The Morgan fingerprint density at radius 3 is 2.40 bits per heavy atom. The number of hydrogen-bond acceptors (Lipinski definition) is 2. The Balaban J connectivity index is 3.28. The van der Waals surface area contributed by atoms with Crippen molar-refractivity contribution in [2.75, 3.05) is 6.54 Å². The highest BCUT2D eigenvalue weighted by molar-refractivity contribution is 4.72. The lowest BCUT2D eigenvalue weighted by atomic mass is 10.1. The van der Waals surface area contributed by atoms with E-state index in [-0.39, 0.29) is 5.66 Å². The second-order valence-corrected chi connectivity index (χ2v) is 3.05. The number of unbranched alkanes of at least 4 members (excludes halogenated alkanes) is 1. The third kappa shape index (κ3) is 4.77. The molecule has 0 heterocycles.